The van der Waals surface area contributed by atoms with Gasteiger partial charge in [0, 0.05) is 13.6 Å². The van der Waals surface area contributed by atoms with Gasteiger partial charge in [-0.3, -0.25) is 4.99 Å². The largest absolute Gasteiger partial charge is 0.492 e. The van der Waals surface area contributed by atoms with Crippen molar-refractivity contribution in [2.45, 2.75) is 26.2 Å². The zero-order chi connectivity index (χ0) is 13.8. The van der Waals surface area contributed by atoms with Crippen LogP contribution in [0.1, 0.15) is 26.2 Å². The highest BCUT2D eigenvalue weighted by Crippen LogP contribution is 2.07. The molecular weight excluding hydrogens is 238 g/mol. The summed E-state index contributed by atoms with van der Waals surface area (Å²) in [5, 5.41) is 6.52. The zero-order valence-corrected chi connectivity index (χ0v) is 12.0. The maximum absolute atomic E-state index is 5.60. The number of benzene rings is 1. The summed E-state index contributed by atoms with van der Waals surface area (Å²) in [5.41, 5.74) is 0. The highest BCUT2D eigenvalue weighted by atomic mass is 16.5. The Kier molecular flexibility index (Phi) is 8.27. The maximum atomic E-state index is 5.60. The van der Waals surface area contributed by atoms with E-state index in [1.807, 2.05) is 30.3 Å². The number of para-hydroxylation sites is 1. The van der Waals surface area contributed by atoms with Crippen molar-refractivity contribution in [1.82, 2.24) is 10.6 Å². The number of rotatable bonds is 8. The van der Waals surface area contributed by atoms with Gasteiger partial charge in [0.2, 0.25) is 0 Å². The van der Waals surface area contributed by atoms with Crippen LogP contribution < -0.4 is 15.4 Å². The van der Waals surface area contributed by atoms with E-state index < -0.39 is 0 Å². The topological polar surface area (TPSA) is 45.7 Å². The second-order valence-corrected chi connectivity index (χ2v) is 4.29. The van der Waals surface area contributed by atoms with Gasteiger partial charge >= 0.3 is 0 Å². The molecule has 0 aromatic heterocycles. The van der Waals surface area contributed by atoms with E-state index in [1.165, 1.54) is 19.3 Å². The zero-order valence-electron chi connectivity index (χ0n) is 12.0. The molecule has 0 unspecified atom stereocenters. The minimum atomic E-state index is 0.625. The van der Waals surface area contributed by atoms with Crippen LogP contribution in [0.3, 0.4) is 0 Å². The van der Waals surface area contributed by atoms with Gasteiger partial charge in [0.05, 0.1) is 6.54 Å². The first-order valence-corrected chi connectivity index (χ1v) is 6.99. The number of nitrogens with one attached hydrogen (secondary N) is 2. The molecule has 0 saturated heterocycles. The molecule has 0 fully saturated rings. The molecule has 0 bridgehead atoms. The molecule has 1 rings (SSSR count). The summed E-state index contributed by atoms with van der Waals surface area (Å²) in [7, 11) is 1.78. The minimum Gasteiger partial charge on any atom is -0.492 e. The molecule has 0 saturated carbocycles. The standard InChI is InChI=1S/C15H25N3O/c1-3-4-8-11-17-15(16-2)18-12-13-19-14-9-6-5-7-10-14/h5-7,9-10H,3-4,8,11-13H2,1-2H3,(H2,16,17,18). The smallest absolute Gasteiger partial charge is 0.191 e. The summed E-state index contributed by atoms with van der Waals surface area (Å²) in [4.78, 5) is 4.17. The van der Waals surface area contributed by atoms with E-state index >= 15 is 0 Å². The first kappa shape index (κ1) is 15.3. The van der Waals surface area contributed by atoms with Gasteiger partial charge in [-0.2, -0.15) is 0 Å². The van der Waals surface area contributed by atoms with Crippen molar-refractivity contribution in [3.05, 3.63) is 30.3 Å². The van der Waals surface area contributed by atoms with Crippen molar-refractivity contribution in [3.8, 4) is 5.75 Å². The average Bonchev–Trinajstić information content (AvgIpc) is 2.46. The van der Waals surface area contributed by atoms with Crippen molar-refractivity contribution >= 4 is 5.96 Å². The molecule has 1 aromatic carbocycles. The number of aliphatic imine (C=N–C) groups is 1. The molecule has 0 aliphatic carbocycles. The number of ether oxygens (including phenoxy) is 1. The van der Waals surface area contributed by atoms with E-state index in [-0.39, 0.29) is 0 Å². The van der Waals surface area contributed by atoms with Crippen LogP contribution in [0, 0.1) is 0 Å². The van der Waals surface area contributed by atoms with Gasteiger partial charge < -0.3 is 15.4 Å². The Bertz CT molecular complexity index is 352. The van der Waals surface area contributed by atoms with Gasteiger partial charge in [-0.15, -0.1) is 0 Å². The summed E-state index contributed by atoms with van der Waals surface area (Å²) in [6.45, 7) is 4.53. The molecule has 0 spiro atoms. The van der Waals surface area contributed by atoms with E-state index in [4.69, 9.17) is 4.74 Å². The van der Waals surface area contributed by atoms with Crippen LogP contribution in [-0.4, -0.2) is 32.7 Å². The predicted octanol–water partition coefficient (Wildman–Crippen LogP) is 2.42. The lowest BCUT2D eigenvalue weighted by Gasteiger charge is -2.12. The van der Waals surface area contributed by atoms with Gasteiger partial charge in [-0.25, -0.2) is 0 Å². The van der Waals surface area contributed by atoms with Crippen molar-refractivity contribution < 1.29 is 4.74 Å². The fourth-order valence-corrected chi connectivity index (χ4v) is 1.66. The van der Waals surface area contributed by atoms with Crippen LogP contribution in [0.2, 0.25) is 0 Å². The monoisotopic (exact) mass is 263 g/mol. The summed E-state index contributed by atoms with van der Waals surface area (Å²) in [6.07, 6.45) is 3.66. The maximum Gasteiger partial charge on any atom is 0.191 e. The molecular formula is C15H25N3O. The molecule has 1 aromatic rings. The molecule has 0 radical (unpaired) electrons. The fraction of sp³-hybridized carbons (Fsp3) is 0.533. The summed E-state index contributed by atoms with van der Waals surface area (Å²) < 4.78 is 5.60. The Morgan fingerprint density at radius 2 is 1.84 bits per heavy atom. The molecule has 0 heterocycles. The van der Waals surface area contributed by atoms with Gasteiger partial charge in [-0.05, 0) is 18.6 Å². The lowest BCUT2D eigenvalue weighted by Crippen LogP contribution is -2.39. The van der Waals surface area contributed by atoms with Crippen molar-refractivity contribution in [2.24, 2.45) is 4.99 Å². The van der Waals surface area contributed by atoms with Gasteiger partial charge in [-0.1, -0.05) is 38.0 Å². The van der Waals surface area contributed by atoms with Gasteiger partial charge in [0.1, 0.15) is 12.4 Å². The number of unbranched alkanes of at least 4 members (excludes halogenated alkanes) is 2. The molecule has 19 heavy (non-hydrogen) atoms. The van der Waals surface area contributed by atoms with E-state index in [9.17, 15) is 0 Å². The lowest BCUT2D eigenvalue weighted by molar-refractivity contribution is 0.322. The molecule has 0 amide bonds. The van der Waals surface area contributed by atoms with Gasteiger partial charge in [0.15, 0.2) is 5.96 Å². The molecule has 4 heteroatoms. The summed E-state index contributed by atoms with van der Waals surface area (Å²) in [5.74, 6) is 1.74. The average molecular weight is 263 g/mol. The molecule has 106 valence electrons. The van der Waals surface area contributed by atoms with Crippen molar-refractivity contribution in [1.29, 1.82) is 0 Å². The molecule has 2 N–H and O–H groups in total. The van der Waals surface area contributed by atoms with E-state index in [2.05, 4.69) is 22.5 Å². The molecule has 0 aliphatic rings. The first-order valence-electron chi connectivity index (χ1n) is 6.99. The molecule has 0 atom stereocenters. The Morgan fingerprint density at radius 3 is 2.53 bits per heavy atom. The minimum absolute atomic E-state index is 0.625. The third-order valence-corrected chi connectivity index (χ3v) is 2.70. The Balaban J connectivity index is 2.09. The highest BCUT2D eigenvalue weighted by Gasteiger charge is 1.96. The van der Waals surface area contributed by atoms with Crippen LogP contribution in [0.25, 0.3) is 0 Å². The molecule has 4 nitrogen and oxygen atoms in total. The quantitative estimate of drug-likeness (QED) is 0.430. The summed E-state index contributed by atoms with van der Waals surface area (Å²) >= 11 is 0. The van der Waals surface area contributed by atoms with E-state index in [1.54, 1.807) is 7.05 Å². The Labute approximate surface area is 116 Å². The normalized spacial score (nSPS) is 11.2. The van der Waals surface area contributed by atoms with Crippen molar-refractivity contribution in [3.63, 3.8) is 0 Å². The third-order valence-electron chi connectivity index (χ3n) is 2.70. The van der Waals surface area contributed by atoms with Crippen LogP contribution >= 0.6 is 0 Å². The Morgan fingerprint density at radius 1 is 1.11 bits per heavy atom. The number of nitrogens with zero attached hydrogens (tertiary/aromatic N) is 1. The second kappa shape index (κ2) is 10.2. The SMILES string of the molecule is CCCCCNC(=NC)NCCOc1ccccc1. The van der Waals surface area contributed by atoms with Crippen LogP contribution in [0.5, 0.6) is 5.75 Å². The molecule has 0 aliphatic heterocycles. The van der Waals surface area contributed by atoms with Gasteiger partial charge in [0.25, 0.3) is 0 Å². The van der Waals surface area contributed by atoms with Crippen LogP contribution in [-0.2, 0) is 0 Å². The number of hydrogen-bond donors (Lipinski definition) is 2. The number of hydrogen-bond acceptors (Lipinski definition) is 2. The van der Waals surface area contributed by atoms with Crippen LogP contribution in [0.15, 0.2) is 35.3 Å². The Hall–Kier alpha value is -1.71. The third kappa shape index (κ3) is 7.34. The van der Waals surface area contributed by atoms with E-state index in [0.717, 1.165) is 24.8 Å². The second-order valence-electron chi connectivity index (χ2n) is 4.29. The van der Waals surface area contributed by atoms with Crippen LogP contribution in [0.4, 0.5) is 0 Å². The van der Waals surface area contributed by atoms with Crippen molar-refractivity contribution in [2.75, 3.05) is 26.7 Å². The lowest BCUT2D eigenvalue weighted by atomic mass is 10.2. The number of guanidine groups is 1. The first-order chi connectivity index (χ1) is 9.36. The summed E-state index contributed by atoms with van der Waals surface area (Å²) in [6, 6.07) is 9.83. The predicted molar refractivity (Wildman–Crippen MR) is 80.8 cm³/mol. The highest BCUT2D eigenvalue weighted by molar-refractivity contribution is 5.79. The van der Waals surface area contributed by atoms with E-state index in [0.29, 0.717) is 6.61 Å². The fourth-order valence-electron chi connectivity index (χ4n) is 1.66.